The van der Waals surface area contributed by atoms with Crippen molar-refractivity contribution >= 4 is 33.5 Å². The SMILES string of the molecule is CC(C)(C)c1ccc(OC(=O)[C@H]2CC(=O)N(c3ccc(Br)cc3)C2)cc1. The number of esters is 1. The molecule has 2 aromatic carbocycles. The summed E-state index contributed by atoms with van der Waals surface area (Å²) in [7, 11) is 0. The number of benzene rings is 2. The zero-order chi connectivity index (χ0) is 18.9. The maximum absolute atomic E-state index is 12.5. The van der Waals surface area contributed by atoms with Gasteiger partial charge in [0.05, 0.1) is 5.92 Å². The van der Waals surface area contributed by atoms with Crippen molar-refractivity contribution in [2.75, 3.05) is 11.4 Å². The Hall–Kier alpha value is -2.14. The molecule has 1 amide bonds. The second-order valence-corrected chi connectivity index (χ2v) is 8.49. The first-order valence-electron chi connectivity index (χ1n) is 8.62. The van der Waals surface area contributed by atoms with Gasteiger partial charge in [-0.05, 0) is 47.4 Å². The van der Waals surface area contributed by atoms with E-state index in [-0.39, 0.29) is 23.7 Å². The molecule has 0 spiro atoms. The Morgan fingerprint density at radius 3 is 2.27 bits per heavy atom. The fraction of sp³-hybridized carbons (Fsp3) is 0.333. The van der Waals surface area contributed by atoms with Crippen LogP contribution in [0.5, 0.6) is 5.75 Å². The van der Waals surface area contributed by atoms with Crippen molar-refractivity contribution in [3.63, 3.8) is 0 Å². The maximum Gasteiger partial charge on any atom is 0.316 e. The minimum atomic E-state index is -0.451. The average molecular weight is 416 g/mol. The third-order valence-electron chi connectivity index (χ3n) is 4.54. The third kappa shape index (κ3) is 4.15. The number of amides is 1. The van der Waals surface area contributed by atoms with Crippen LogP contribution in [0.15, 0.2) is 53.0 Å². The molecule has 1 aliphatic rings. The molecule has 0 bridgehead atoms. The number of hydrogen-bond donors (Lipinski definition) is 0. The van der Waals surface area contributed by atoms with E-state index in [2.05, 4.69) is 36.7 Å². The van der Waals surface area contributed by atoms with Crippen molar-refractivity contribution in [1.82, 2.24) is 0 Å². The van der Waals surface area contributed by atoms with Gasteiger partial charge < -0.3 is 9.64 Å². The van der Waals surface area contributed by atoms with Gasteiger partial charge in [-0.1, -0.05) is 48.8 Å². The molecule has 0 aliphatic carbocycles. The van der Waals surface area contributed by atoms with E-state index in [4.69, 9.17) is 4.74 Å². The summed E-state index contributed by atoms with van der Waals surface area (Å²) in [6.07, 6.45) is 0.176. The van der Waals surface area contributed by atoms with Crippen molar-refractivity contribution in [2.24, 2.45) is 5.92 Å². The molecule has 26 heavy (non-hydrogen) atoms. The Morgan fingerprint density at radius 2 is 1.69 bits per heavy atom. The van der Waals surface area contributed by atoms with E-state index in [9.17, 15) is 9.59 Å². The molecule has 2 aromatic rings. The van der Waals surface area contributed by atoms with Gasteiger partial charge in [0.25, 0.3) is 0 Å². The summed E-state index contributed by atoms with van der Waals surface area (Å²) in [4.78, 5) is 26.4. The molecular formula is C21H22BrNO3. The molecule has 0 N–H and O–H groups in total. The average Bonchev–Trinajstić information content (AvgIpc) is 2.97. The number of anilines is 1. The number of carbonyl (C=O) groups excluding carboxylic acids is 2. The number of rotatable bonds is 3. The van der Waals surface area contributed by atoms with Crippen molar-refractivity contribution in [3.05, 3.63) is 58.6 Å². The number of halogens is 1. The smallest absolute Gasteiger partial charge is 0.316 e. The number of nitrogens with zero attached hydrogens (tertiary/aromatic N) is 1. The van der Waals surface area contributed by atoms with E-state index in [1.165, 1.54) is 5.56 Å². The molecule has 0 unspecified atom stereocenters. The lowest BCUT2D eigenvalue weighted by Crippen LogP contribution is -2.27. The summed E-state index contributed by atoms with van der Waals surface area (Å²) in [5.74, 6) is -0.357. The van der Waals surface area contributed by atoms with E-state index in [0.717, 1.165) is 10.2 Å². The van der Waals surface area contributed by atoms with Crippen molar-refractivity contribution < 1.29 is 14.3 Å². The monoisotopic (exact) mass is 415 g/mol. The van der Waals surface area contributed by atoms with Gasteiger partial charge >= 0.3 is 5.97 Å². The molecule has 136 valence electrons. The zero-order valence-corrected chi connectivity index (χ0v) is 16.7. The molecule has 1 saturated heterocycles. The van der Waals surface area contributed by atoms with Crippen LogP contribution in [-0.2, 0) is 15.0 Å². The molecule has 1 atom stereocenters. The summed E-state index contributed by atoms with van der Waals surface area (Å²) in [6, 6.07) is 15.0. The Morgan fingerprint density at radius 1 is 1.08 bits per heavy atom. The predicted molar refractivity (Wildman–Crippen MR) is 105 cm³/mol. The summed E-state index contributed by atoms with van der Waals surface area (Å²) >= 11 is 3.38. The van der Waals surface area contributed by atoms with E-state index < -0.39 is 5.92 Å². The van der Waals surface area contributed by atoms with E-state index in [1.54, 1.807) is 4.90 Å². The van der Waals surface area contributed by atoms with Crippen LogP contribution in [0, 0.1) is 5.92 Å². The number of hydrogen-bond acceptors (Lipinski definition) is 3. The highest BCUT2D eigenvalue weighted by atomic mass is 79.9. The van der Waals surface area contributed by atoms with Crippen LogP contribution in [0.4, 0.5) is 5.69 Å². The topological polar surface area (TPSA) is 46.6 Å². The van der Waals surface area contributed by atoms with E-state index >= 15 is 0 Å². The second kappa shape index (κ2) is 7.23. The van der Waals surface area contributed by atoms with Gasteiger partial charge in [0, 0.05) is 23.1 Å². The first kappa shape index (κ1) is 18.6. The van der Waals surface area contributed by atoms with Crippen LogP contribution < -0.4 is 9.64 Å². The Balaban J connectivity index is 1.65. The van der Waals surface area contributed by atoms with Gasteiger partial charge in [-0.25, -0.2) is 0 Å². The lowest BCUT2D eigenvalue weighted by molar-refractivity contribution is -0.139. The van der Waals surface area contributed by atoms with Crippen LogP contribution in [0.2, 0.25) is 0 Å². The van der Waals surface area contributed by atoms with Crippen LogP contribution in [-0.4, -0.2) is 18.4 Å². The Labute approximate surface area is 162 Å². The molecule has 0 aromatic heterocycles. The lowest BCUT2D eigenvalue weighted by Gasteiger charge is -2.19. The summed E-state index contributed by atoms with van der Waals surface area (Å²) in [5.41, 5.74) is 2.02. The Bertz CT molecular complexity index is 807. The van der Waals surface area contributed by atoms with Crippen LogP contribution in [0.25, 0.3) is 0 Å². The fourth-order valence-corrected chi connectivity index (χ4v) is 3.22. The van der Waals surface area contributed by atoms with Crippen LogP contribution in [0.3, 0.4) is 0 Å². The van der Waals surface area contributed by atoms with Gasteiger partial charge in [-0.15, -0.1) is 0 Å². The number of ether oxygens (including phenoxy) is 1. The predicted octanol–water partition coefficient (Wildman–Crippen LogP) is 4.71. The molecule has 1 heterocycles. The molecular weight excluding hydrogens is 394 g/mol. The minimum absolute atomic E-state index is 0.0472. The first-order valence-corrected chi connectivity index (χ1v) is 9.41. The molecule has 1 aliphatic heterocycles. The van der Waals surface area contributed by atoms with Gasteiger partial charge in [-0.2, -0.15) is 0 Å². The van der Waals surface area contributed by atoms with E-state index in [1.807, 2.05) is 48.5 Å². The van der Waals surface area contributed by atoms with E-state index in [0.29, 0.717) is 12.3 Å². The summed E-state index contributed by atoms with van der Waals surface area (Å²) in [5, 5.41) is 0. The maximum atomic E-state index is 12.5. The lowest BCUT2D eigenvalue weighted by atomic mass is 9.87. The highest BCUT2D eigenvalue weighted by Gasteiger charge is 2.36. The highest BCUT2D eigenvalue weighted by Crippen LogP contribution is 2.28. The highest BCUT2D eigenvalue weighted by molar-refractivity contribution is 9.10. The van der Waals surface area contributed by atoms with Crippen molar-refractivity contribution in [1.29, 1.82) is 0 Å². The third-order valence-corrected chi connectivity index (χ3v) is 5.06. The molecule has 0 saturated carbocycles. The fourth-order valence-electron chi connectivity index (χ4n) is 2.96. The molecule has 5 heteroatoms. The van der Waals surface area contributed by atoms with Crippen molar-refractivity contribution in [3.8, 4) is 5.75 Å². The Kier molecular flexibility index (Phi) is 5.19. The number of carbonyl (C=O) groups is 2. The van der Waals surface area contributed by atoms with Gasteiger partial charge in [0.1, 0.15) is 5.75 Å². The largest absolute Gasteiger partial charge is 0.426 e. The van der Waals surface area contributed by atoms with Gasteiger partial charge in [0.15, 0.2) is 0 Å². The van der Waals surface area contributed by atoms with Crippen molar-refractivity contribution in [2.45, 2.75) is 32.6 Å². The van der Waals surface area contributed by atoms with Crippen LogP contribution in [0.1, 0.15) is 32.8 Å². The summed E-state index contributed by atoms with van der Waals surface area (Å²) < 4.78 is 6.44. The second-order valence-electron chi connectivity index (χ2n) is 7.58. The first-order chi connectivity index (χ1) is 12.2. The van der Waals surface area contributed by atoms with Crippen LogP contribution >= 0.6 is 15.9 Å². The normalized spacial score (nSPS) is 17.5. The molecule has 1 fully saturated rings. The quantitative estimate of drug-likeness (QED) is 0.538. The van der Waals surface area contributed by atoms with Gasteiger partial charge in [0.2, 0.25) is 5.91 Å². The standard InChI is InChI=1S/C21H22BrNO3/c1-21(2,3)15-4-10-18(11-5-15)26-20(25)14-12-19(24)23(13-14)17-8-6-16(22)7-9-17/h4-11,14H,12-13H2,1-3H3/t14-/m0/s1. The van der Waals surface area contributed by atoms with Gasteiger partial charge in [-0.3, -0.25) is 9.59 Å². The molecule has 3 rings (SSSR count). The zero-order valence-electron chi connectivity index (χ0n) is 15.2. The minimum Gasteiger partial charge on any atom is -0.426 e. The molecule has 0 radical (unpaired) electrons. The summed E-state index contributed by atoms with van der Waals surface area (Å²) in [6.45, 7) is 6.75. The molecule has 4 nitrogen and oxygen atoms in total.